The molecule has 0 heterocycles. The third-order valence-corrected chi connectivity index (χ3v) is 2.98. The zero-order valence-electron chi connectivity index (χ0n) is 11.6. The van der Waals surface area contributed by atoms with E-state index in [9.17, 15) is 13.2 Å². The predicted octanol–water partition coefficient (Wildman–Crippen LogP) is 4.32. The van der Waals surface area contributed by atoms with Crippen LogP contribution in [0.25, 0.3) is 0 Å². The van der Waals surface area contributed by atoms with Crippen molar-refractivity contribution in [3.8, 4) is 0 Å². The average molecular weight is 275 g/mol. The van der Waals surface area contributed by atoms with Crippen LogP contribution in [-0.4, -0.2) is 18.8 Å². The standard InChI is InChI=1S/C14H20F3NO/c1-10(9-13(2,3)19-4)18-12-7-5-11(6-8-12)14(15,16)17/h5-8,10,18H,9H2,1-4H3. The summed E-state index contributed by atoms with van der Waals surface area (Å²) in [5, 5.41) is 3.16. The van der Waals surface area contributed by atoms with E-state index in [0.717, 1.165) is 18.6 Å². The van der Waals surface area contributed by atoms with Crippen LogP contribution < -0.4 is 5.32 Å². The monoisotopic (exact) mass is 275 g/mol. The van der Waals surface area contributed by atoms with E-state index in [0.29, 0.717) is 5.69 Å². The van der Waals surface area contributed by atoms with E-state index < -0.39 is 11.7 Å². The number of benzene rings is 1. The van der Waals surface area contributed by atoms with Crippen molar-refractivity contribution in [3.05, 3.63) is 29.8 Å². The average Bonchev–Trinajstić information content (AvgIpc) is 2.27. The second-order valence-electron chi connectivity index (χ2n) is 5.29. The Balaban J connectivity index is 2.63. The first-order chi connectivity index (χ1) is 8.64. The Bertz CT molecular complexity index is 398. The summed E-state index contributed by atoms with van der Waals surface area (Å²) in [5.41, 5.74) is -0.228. The van der Waals surface area contributed by atoms with Crippen LogP contribution in [0.3, 0.4) is 0 Å². The van der Waals surface area contributed by atoms with Crippen LogP contribution >= 0.6 is 0 Å². The van der Waals surface area contributed by atoms with Crippen molar-refractivity contribution in [1.82, 2.24) is 0 Å². The fourth-order valence-corrected chi connectivity index (χ4v) is 1.91. The van der Waals surface area contributed by atoms with E-state index in [-0.39, 0.29) is 11.6 Å². The summed E-state index contributed by atoms with van der Waals surface area (Å²) >= 11 is 0. The number of hydrogen-bond donors (Lipinski definition) is 1. The van der Waals surface area contributed by atoms with Crippen molar-refractivity contribution in [3.63, 3.8) is 0 Å². The quantitative estimate of drug-likeness (QED) is 0.864. The summed E-state index contributed by atoms with van der Waals surface area (Å²) in [6.07, 6.45) is -3.54. The van der Waals surface area contributed by atoms with Gasteiger partial charge in [0, 0.05) is 18.8 Å². The Hall–Kier alpha value is -1.23. The molecule has 108 valence electrons. The van der Waals surface area contributed by atoms with E-state index in [1.54, 1.807) is 7.11 Å². The number of anilines is 1. The summed E-state index contributed by atoms with van der Waals surface area (Å²) in [5.74, 6) is 0. The minimum Gasteiger partial charge on any atom is -0.382 e. The van der Waals surface area contributed by atoms with Gasteiger partial charge in [-0.1, -0.05) is 0 Å². The summed E-state index contributed by atoms with van der Waals surface area (Å²) in [7, 11) is 1.64. The lowest BCUT2D eigenvalue weighted by atomic mass is 9.99. The highest BCUT2D eigenvalue weighted by molar-refractivity contribution is 5.45. The molecule has 0 aliphatic rings. The maximum Gasteiger partial charge on any atom is 0.416 e. The Morgan fingerprint density at radius 1 is 1.16 bits per heavy atom. The van der Waals surface area contributed by atoms with Gasteiger partial charge in [0.05, 0.1) is 11.2 Å². The predicted molar refractivity (Wildman–Crippen MR) is 70.2 cm³/mol. The molecule has 0 saturated carbocycles. The number of rotatable bonds is 5. The van der Waals surface area contributed by atoms with Crippen LogP contribution in [0.15, 0.2) is 24.3 Å². The first kappa shape index (κ1) is 15.8. The third kappa shape index (κ3) is 5.11. The molecule has 0 aliphatic heterocycles. The van der Waals surface area contributed by atoms with Crippen molar-refractivity contribution in [2.24, 2.45) is 0 Å². The first-order valence-electron chi connectivity index (χ1n) is 6.13. The van der Waals surface area contributed by atoms with Gasteiger partial charge in [-0.2, -0.15) is 13.2 Å². The minimum atomic E-state index is -4.29. The van der Waals surface area contributed by atoms with Gasteiger partial charge in [0.2, 0.25) is 0 Å². The molecule has 0 fully saturated rings. The molecule has 1 unspecified atom stereocenters. The molecule has 1 aromatic rings. The largest absolute Gasteiger partial charge is 0.416 e. The molecule has 1 N–H and O–H groups in total. The van der Waals surface area contributed by atoms with Gasteiger partial charge < -0.3 is 10.1 Å². The fourth-order valence-electron chi connectivity index (χ4n) is 1.91. The maximum atomic E-state index is 12.4. The second kappa shape index (κ2) is 5.82. The molecule has 5 heteroatoms. The number of methoxy groups -OCH3 is 1. The minimum absolute atomic E-state index is 0.103. The summed E-state index contributed by atoms with van der Waals surface area (Å²) in [4.78, 5) is 0. The highest BCUT2D eigenvalue weighted by atomic mass is 19.4. The van der Waals surface area contributed by atoms with Crippen LogP contribution in [0, 0.1) is 0 Å². The molecule has 19 heavy (non-hydrogen) atoms. The third-order valence-electron chi connectivity index (χ3n) is 2.98. The van der Waals surface area contributed by atoms with Gasteiger partial charge in [0.25, 0.3) is 0 Å². The van der Waals surface area contributed by atoms with Crippen molar-refractivity contribution < 1.29 is 17.9 Å². The number of alkyl halides is 3. The normalized spacial score (nSPS) is 14.3. The summed E-state index contributed by atoms with van der Waals surface area (Å²) in [6.45, 7) is 5.91. The van der Waals surface area contributed by atoms with E-state index in [1.165, 1.54) is 12.1 Å². The molecule has 0 amide bonds. The summed E-state index contributed by atoms with van der Waals surface area (Å²) in [6, 6.07) is 5.15. The molecule has 0 radical (unpaired) electrons. The molecule has 1 rings (SSSR count). The molecular weight excluding hydrogens is 255 g/mol. The zero-order chi connectivity index (χ0) is 14.7. The maximum absolute atomic E-state index is 12.4. The van der Waals surface area contributed by atoms with Gasteiger partial charge in [-0.3, -0.25) is 0 Å². The lowest BCUT2D eigenvalue weighted by Gasteiger charge is -2.27. The van der Waals surface area contributed by atoms with E-state index in [2.05, 4.69) is 5.32 Å². The van der Waals surface area contributed by atoms with Gasteiger partial charge in [-0.25, -0.2) is 0 Å². The van der Waals surface area contributed by atoms with Crippen molar-refractivity contribution in [1.29, 1.82) is 0 Å². The van der Waals surface area contributed by atoms with E-state index in [4.69, 9.17) is 4.74 Å². The van der Waals surface area contributed by atoms with Crippen molar-refractivity contribution in [2.75, 3.05) is 12.4 Å². The van der Waals surface area contributed by atoms with Crippen LogP contribution in [0.2, 0.25) is 0 Å². The SMILES string of the molecule is COC(C)(C)CC(C)Nc1ccc(C(F)(F)F)cc1. The number of nitrogens with one attached hydrogen (secondary N) is 1. The number of halogens is 3. The molecular formula is C14H20F3NO. The van der Waals surface area contributed by atoms with E-state index >= 15 is 0 Å². The molecule has 2 nitrogen and oxygen atoms in total. The Kier molecular flexibility index (Phi) is 4.85. The first-order valence-corrected chi connectivity index (χ1v) is 6.13. The second-order valence-corrected chi connectivity index (χ2v) is 5.29. The lowest BCUT2D eigenvalue weighted by molar-refractivity contribution is -0.137. The van der Waals surface area contributed by atoms with E-state index in [1.807, 2.05) is 20.8 Å². The van der Waals surface area contributed by atoms with Gasteiger partial charge in [-0.05, 0) is 51.5 Å². The van der Waals surface area contributed by atoms with Crippen LogP contribution in [0.1, 0.15) is 32.8 Å². The van der Waals surface area contributed by atoms with Gasteiger partial charge in [-0.15, -0.1) is 0 Å². The van der Waals surface area contributed by atoms with Crippen molar-refractivity contribution in [2.45, 2.75) is 45.0 Å². The van der Waals surface area contributed by atoms with Gasteiger partial charge in [0.15, 0.2) is 0 Å². The van der Waals surface area contributed by atoms with Crippen LogP contribution in [0.4, 0.5) is 18.9 Å². The molecule has 1 atom stereocenters. The molecule has 0 saturated heterocycles. The smallest absolute Gasteiger partial charge is 0.382 e. The fraction of sp³-hybridized carbons (Fsp3) is 0.571. The Morgan fingerprint density at radius 2 is 1.68 bits per heavy atom. The molecule has 1 aromatic carbocycles. The number of hydrogen-bond acceptors (Lipinski definition) is 2. The van der Waals surface area contributed by atoms with Gasteiger partial charge in [0.1, 0.15) is 0 Å². The van der Waals surface area contributed by atoms with Crippen molar-refractivity contribution >= 4 is 5.69 Å². The Labute approximate surface area is 112 Å². The highest BCUT2D eigenvalue weighted by Crippen LogP contribution is 2.30. The summed E-state index contributed by atoms with van der Waals surface area (Å²) < 4.78 is 42.6. The molecule has 0 aliphatic carbocycles. The zero-order valence-corrected chi connectivity index (χ0v) is 11.6. The lowest BCUT2D eigenvalue weighted by Crippen LogP contribution is -2.31. The van der Waals surface area contributed by atoms with Crippen LogP contribution in [-0.2, 0) is 10.9 Å². The Morgan fingerprint density at radius 3 is 2.11 bits per heavy atom. The highest BCUT2D eigenvalue weighted by Gasteiger charge is 2.30. The van der Waals surface area contributed by atoms with Crippen LogP contribution in [0.5, 0.6) is 0 Å². The molecule has 0 bridgehead atoms. The number of ether oxygens (including phenoxy) is 1. The molecule has 0 spiro atoms. The van der Waals surface area contributed by atoms with Gasteiger partial charge >= 0.3 is 6.18 Å². The topological polar surface area (TPSA) is 21.3 Å². The molecule has 0 aromatic heterocycles.